The first-order valence-electron chi connectivity index (χ1n) is 4.12. The molecule has 5 heteroatoms. The van der Waals surface area contributed by atoms with E-state index in [1.54, 1.807) is 0 Å². The van der Waals surface area contributed by atoms with Crippen LogP contribution in [0.5, 0.6) is 0 Å². The first-order chi connectivity index (χ1) is 7.04. The van der Waals surface area contributed by atoms with Crippen LogP contribution >= 0.6 is 11.6 Å². The maximum atomic E-state index is 12.1. The summed E-state index contributed by atoms with van der Waals surface area (Å²) in [4.78, 5) is 3.58. The molecule has 0 aromatic carbocycles. The fraction of sp³-hybridized carbons (Fsp3) is 0.300. The van der Waals surface area contributed by atoms with Crippen molar-refractivity contribution >= 4 is 11.6 Å². The van der Waals surface area contributed by atoms with Crippen LogP contribution in [0.1, 0.15) is 17.7 Å². The minimum atomic E-state index is -4.35. The lowest BCUT2D eigenvalue weighted by molar-refractivity contribution is -0.137. The Hall–Kier alpha value is -1.21. The Morgan fingerprint density at radius 3 is 2.53 bits per heavy atom. The summed E-state index contributed by atoms with van der Waals surface area (Å²) in [5.41, 5.74) is -0.460. The minimum Gasteiger partial charge on any atom is -0.247 e. The Morgan fingerprint density at radius 2 is 2.07 bits per heavy atom. The Labute approximate surface area is 90.3 Å². The van der Waals surface area contributed by atoms with Crippen LogP contribution in [0.2, 0.25) is 0 Å². The number of hydrogen-bond donors (Lipinski definition) is 0. The molecule has 0 saturated heterocycles. The highest BCUT2D eigenvalue weighted by molar-refractivity contribution is 6.18. The quantitative estimate of drug-likeness (QED) is 0.537. The molecule has 0 unspecified atom stereocenters. The molecule has 15 heavy (non-hydrogen) atoms. The summed E-state index contributed by atoms with van der Waals surface area (Å²) in [5, 5.41) is 0. The van der Waals surface area contributed by atoms with Crippen LogP contribution < -0.4 is 0 Å². The molecule has 1 heterocycles. The number of rotatable bonds is 1. The minimum absolute atomic E-state index is 0.313. The normalized spacial score (nSPS) is 10.7. The Kier molecular flexibility index (Phi) is 3.98. The molecule has 0 aliphatic heterocycles. The highest BCUT2D eigenvalue weighted by Crippen LogP contribution is 2.28. The lowest BCUT2D eigenvalue weighted by atomic mass is 10.2. The maximum Gasteiger partial charge on any atom is 0.417 e. The average molecular weight is 234 g/mol. The van der Waals surface area contributed by atoms with E-state index < -0.39 is 11.7 Å². The number of pyridine rings is 1. The van der Waals surface area contributed by atoms with Crippen molar-refractivity contribution in [1.82, 2.24) is 4.98 Å². The zero-order chi connectivity index (χ0) is 11.3. The number of alkyl halides is 4. The van der Waals surface area contributed by atoms with Crippen molar-refractivity contribution in [3.63, 3.8) is 0 Å². The van der Waals surface area contributed by atoms with Crippen LogP contribution in [0.3, 0.4) is 0 Å². The van der Waals surface area contributed by atoms with Gasteiger partial charge in [-0.3, -0.25) is 0 Å². The molecular weight excluding hydrogens is 227 g/mol. The van der Waals surface area contributed by atoms with Gasteiger partial charge in [-0.15, -0.1) is 11.6 Å². The van der Waals surface area contributed by atoms with E-state index in [0.29, 0.717) is 18.0 Å². The van der Waals surface area contributed by atoms with Gasteiger partial charge in [0.2, 0.25) is 0 Å². The van der Waals surface area contributed by atoms with Gasteiger partial charge in [0.05, 0.1) is 5.56 Å². The summed E-state index contributed by atoms with van der Waals surface area (Å²) in [6.07, 6.45) is -3.09. The van der Waals surface area contributed by atoms with Crippen LogP contribution in [0, 0.1) is 11.8 Å². The number of halogens is 4. The van der Waals surface area contributed by atoms with Gasteiger partial charge in [-0.05, 0) is 18.1 Å². The Bertz CT molecular complexity index is 372. The molecule has 0 N–H and O–H groups in total. The smallest absolute Gasteiger partial charge is 0.247 e. The molecule has 0 spiro atoms. The monoisotopic (exact) mass is 233 g/mol. The van der Waals surface area contributed by atoms with Gasteiger partial charge in [-0.2, -0.15) is 13.2 Å². The fourth-order valence-corrected chi connectivity index (χ4v) is 0.930. The number of nitrogens with zero attached hydrogens (tertiary/aromatic N) is 1. The summed E-state index contributed by atoms with van der Waals surface area (Å²) in [7, 11) is 0. The number of aromatic nitrogens is 1. The largest absolute Gasteiger partial charge is 0.417 e. The molecule has 1 nitrogen and oxygen atoms in total. The summed E-state index contributed by atoms with van der Waals surface area (Å²) in [6.45, 7) is 0. The summed E-state index contributed by atoms with van der Waals surface area (Å²) in [6, 6.07) is 2.20. The molecule has 0 fully saturated rings. The van der Waals surface area contributed by atoms with Crippen LogP contribution in [-0.2, 0) is 6.18 Å². The van der Waals surface area contributed by atoms with E-state index >= 15 is 0 Å². The van der Waals surface area contributed by atoms with Crippen molar-refractivity contribution < 1.29 is 13.2 Å². The molecule has 80 valence electrons. The summed E-state index contributed by atoms with van der Waals surface area (Å²) in [5.74, 6) is 5.69. The predicted molar refractivity (Wildman–Crippen MR) is 51.5 cm³/mol. The Balaban J connectivity index is 2.79. The van der Waals surface area contributed by atoms with Crippen molar-refractivity contribution in [3.05, 3.63) is 29.6 Å². The molecule has 1 aromatic heterocycles. The zero-order valence-electron chi connectivity index (χ0n) is 7.61. The SMILES string of the molecule is FC(F)(F)c1ccc(C#CCCCl)nc1. The van der Waals surface area contributed by atoms with Gasteiger partial charge in [0.15, 0.2) is 0 Å². The number of hydrogen-bond acceptors (Lipinski definition) is 1. The fourth-order valence-electron chi connectivity index (χ4n) is 0.836. The van der Waals surface area contributed by atoms with E-state index in [-0.39, 0.29) is 0 Å². The second kappa shape index (κ2) is 5.04. The summed E-state index contributed by atoms with van der Waals surface area (Å²) >= 11 is 5.38. The second-order valence-corrected chi connectivity index (χ2v) is 3.05. The predicted octanol–water partition coefficient (Wildman–Crippen LogP) is 3.08. The van der Waals surface area contributed by atoms with E-state index in [1.165, 1.54) is 6.07 Å². The van der Waals surface area contributed by atoms with Crippen molar-refractivity contribution in [3.8, 4) is 11.8 Å². The zero-order valence-corrected chi connectivity index (χ0v) is 8.36. The first kappa shape index (κ1) is 11.9. The molecule has 0 atom stereocenters. The highest BCUT2D eigenvalue weighted by atomic mass is 35.5. The van der Waals surface area contributed by atoms with Gasteiger partial charge >= 0.3 is 6.18 Å². The molecule has 1 aromatic rings. The summed E-state index contributed by atoms with van der Waals surface area (Å²) < 4.78 is 36.4. The highest BCUT2D eigenvalue weighted by Gasteiger charge is 2.30. The molecule has 0 amide bonds. The lowest BCUT2D eigenvalue weighted by Gasteiger charge is -2.04. The lowest BCUT2D eigenvalue weighted by Crippen LogP contribution is -2.05. The van der Waals surface area contributed by atoms with Crippen LogP contribution in [0.25, 0.3) is 0 Å². The molecule has 0 aliphatic rings. The van der Waals surface area contributed by atoms with Crippen LogP contribution in [0.15, 0.2) is 18.3 Å². The van der Waals surface area contributed by atoms with E-state index in [4.69, 9.17) is 11.6 Å². The van der Waals surface area contributed by atoms with Crippen molar-refractivity contribution in [2.45, 2.75) is 12.6 Å². The van der Waals surface area contributed by atoms with Crippen molar-refractivity contribution in [1.29, 1.82) is 0 Å². The van der Waals surface area contributed by atoms with Gasteiger partial charge in [0, 0.05) is 18.5 Å². The average Bonchev–Trinajstić information content (AvgIpc) is 2.18. The van der Waals surface area contributed by atoms with Gasteiger partial charge in [0.25, 0.3) is 0 Å². The van der Waals surface area contributed by atoms with Crippen LogP contribution in [-0.4, -0.2) is 10.9 Å². The third kappa shape index (κ3) is 3.80. The Morgan fingerprint density at radius 1 is 1.33 bits per heavy atom. The van der Waals surface area contributed by atoms with E-state index in [9.17, 15) is 13.2 Å². The van der Waals surface area contributed by atoms with Gasteiger partial charge in [-0.1, -0.05) is 5.92 Å². The van der Waals surface area contributed by atoms with Crippen molar-refractivity contribution in [2.75, 3.05) is 5.88 Å². The maximum absolute atomic E-state index is 12.1. The topological polar surface area (TPSA) is 12.9 Å². The third-order valence-electron chi connectivity index (χ3n) is 1.53. The molecule has 0 aliphatic carbocycles. The standard InChI is InChI=1S/C10H7ClF3N/c11-6-2-1-3-9-5-4-8(7-15-9)10(12,13)14/h4-5,7H,2,6H2. The molecule has 0 radical (unpaired) electrons. The molecule has 0 saturated carbocycles. The van der Waals surface area contributed by atoms with E-state index in [2.05, 4.69) is 16.8 Å². The first-order valence-corrected chi connectivity index (χ1v) is 4.65. The van der Waals surface area contributed by atoms with Gasteiger partial charge in [-0.25, -0.2) is 4.98 Å². The molecule has 0 bridgehead atoms. The van der Waals surface area contributed by atoms with Crippen molar-refractivity contribution in [2.24, 2.45) is 0 Å². The van der Waals surface area contributed by atoms with Gasteiger partial charge < -0.3 is 0 Å². The van der Waals surface area contributed by atoms with E-state index in [0.717, 1.165) is 12.3 Å². The molecular formula is C10H7ClF3N. The third-order valence-corrected chi connectivity index (χ3v) is 1.72. The van der Waals surface area contributed by atoms with E-state index in [1.807, 2.05) is 0 Å². The van der Waals surface area contributed by atoms with Crippen LogP contribution in [0.4, 0.5) is 13.2 Å². The van der Waals surface area contributed by atoms with Gasteiger partial charge in [0.1, 0.15) is 5.69 Å². The second-order valence-electron chi connectivity index (χ2n) is 2.67. The molecule has 1 rings (SSSR count).